The van der Waals surface area contributed by atoms with Crippen molar-refractivity contribution >= 4 is 27.3 Å². The Morgan fingerprint density at radius 3 is 2.94 bits per heavy atom. The van der Waals surface area contributed by atoms with E-state index in [0.29, 0.717) is 12.0 Å². The first-order valence-electron chi connectivity index (χ1n) is 6.45. The standard InChI is InChI=1S/C13H21BrN2S/c1-2-16-7-4-3-5-10(9-15)12(16)13-11(14)6-8-17-13/h6,8,10,12H,2-5,7,9,15H2,1H3. The molecule has 0 saturated carbocycles. The first kappa shape index (κ1) is 13.5. The van der Waals surface area contributed by atoms with Crippen molar-refractivity contribution in [2.75, 3.05) is 19.6 Å². The van der Waals surface area contributed by atoms with Crippen LogP contribution in [0.3, 0.4) is 0 Å². The smallest absolute Gasteiger partial charge is 0.0492 e. The van der Waals surface area contributed by atoms with Gasteiger partial charge in [0.15, 0.2) is 0 Å². The van der Waals surface area contributed by atoms with Crippen LogP contribution >= 0.6 is 27.3 Å². The first-order chi connectivity index (χ1) is 8.27. The van der Waals surface area contributed by atoms with Crippen LogP contribution in [-0.4, -0.2) is 24.5 Å². The molecule has 1 aromatic heterocycles. The van der Waals surface area contributed by atoms with Gasteiger partial charge in [0.05, 0.1) is 0 Å². The van der Waals surface area contributed by atoms with E-state index >= 15 is 0 Å². The highest BCUT2D eigenvalue weighted by molar-refractivity contribution is 9.10. The van der Waals surface area contributed by atoms with E-state index in [9.17, 15) is 0 Å². The lowest BCUT2D eigenvalue weighted by molar-refractivity contribution is 0.169. The van der Waals surface area contributed by atoms with Crippen LogP contribution in [-0.2, 0) is 0 Å². The molecule has 1 saturated heterocycles. The predicted molar refractivity (Wildman–Crippen MR) is 78.4 cm³/mol. The molecule has 1 aliphatic heterocycles. The fourth-order valence-corrected chi connectivity index (χ4v) is 4.65. The van der Waals surface area contributed by atoms with E-state index in [1.807, 2.05) is 11.3 Å². The molecule has 96 valence electrons. The van der Waals surface area contributed by atoms with Crippen molar-refractivity contribution in [1.29, 1.82) is 0 Å². The second-order valence-corrected chi connectivity index (χ2v) is 6.50. The van der Waals surface area contributed by atoms with Crippen molar-refractivity contribution in [3.8, 4) is 0 Å². The Labute approximate surface area is 116 Å². The van der Waals surface area contributed by atoms with Gasteiger partial charge in [-0.2, -0.15) is 0 Å². The molecule has 2 atom stereocenters. The van der Waals surface area contributed by atoms with Gasteiger partial charge in [0, 0.05) is 15.4 Å². The highest BCUT2D eigenvalue weighted by Crippen LogP contribution is 2.40. The van der Waals surface area contributed by atoms with E-state index in [0.717, 1.165) is 13.1 Å². The molecule has 2 rings (SSSR count). The van der Waals surface area contributed by atoms with E-state index in [2.05, 4.69) is 39.2 Å². The Hall–Kier alpha value is 0.100. The van der Waals surface area contributed by atoms with E-state index in [1.165, 1.54) is 35.2 Å². The number of rotatable bonds is 3. The molecule has 0 spiro atoms. The summed E-state index contributed by atoms with van der Waals surface area (Å²) in [5.74, 6) is 0.604. The van der Waals surface area contributed by atoms with Crippen molar-refractivity contribution in [2.24, 2.45) is 11.7 Å². The molecule has 1 aliphatic rings. The third-order valence-corrected chi connectivity index (χ3v) is 5.67. The number of likely N-dealkylation sites (tertiary alicyclic amines) is 1. The van der Waals surface area contributed by atoms with E-state index in [1.54, 1.807) is 0 Å². The van der Waals surface area contributed by atoms with Gasteiger partial charge in [-0.05, 0) is 65.8 Å². The van der Waals surface area contributed by atoms with Gasteiger partial charge in [0.1, 0.15) is 0 Å². The molecule has 0 radical (unpaired) electrons. The summed E-state index contributed by atoms with van der Waals surface area (Å²) in [5, 5.41) is 2.17. The molecule has 0 aromatic carbocycles. The van der Waals surface area contributed by atoms with Crippen molar-refractivity contribution in [3.05, 3.63) is 20.8 Å². The quantitative estimate of drug-likeness (QED) is 0.922. The summed E-state index contributed by atoms with van der Waals surface area (Å²) in [4.78, 5) is 4.06. The van der Waals surface area contributed by atoms with Crippen LogP contribution in [0.1, 0.15) is 37.1 Å². The van der Waals surface area contributed by atoms with Crippen molar-refractivity contribution in [2.45, 2.75) is 32.2 Å². The second-order valence-electron chi connectivity index (χ2n) is 4.70. The molecule has 2 nitrogen and oxygen atoms in total. The summed E-state index contributed by atoms with van der Waals surface area (Å²) in [6.07, 6.45) is 3.89. The molecule has 2 N–H and O–H groups in total. The number of halogens is 1. The van der Waals surface area contributed by atoms with Gasteiger partial charge in [-0.1, -0.05) is 13.3 Å². The maximum Gasteiger partial charge on any atom is 0.0492 e. The summed E-state index contributed by atoms with van der Waals surface area (Å²) in [6, 6.07) is 2.67. The zero-order chi connectivity index (χ0) is 12.3. The molecule has 17 heavy (non-hydrogen) atoms. The van der Waals surface area contributed by atoms with E-state index < -0.39 is 0 Å². The Morgan fingerprint density at radius 2 is 2.35 bits per heavy atom. The zero-order valence-electron chi connectivity index (χ0n) is 10.4. The highest BCUT2D eigenvalue weighted by atomic mass is 79.9. The van der Waals surface area contributed by atoms with Gasteiger partial charge >= 0.3 is 0 Å². The lowest BCUT2D eigenvalue weighted by Crippen LogP contribution is -2.35. The topological polar surface area (TPSA) is 29.3 Å². The SMILES string of the molecule is CCN1CCCCC(CN)C1c1sccc1Br. The van der Waals surface area contributed by atoms with E-state index in [4.69, 9.17) is 5.73 Å². The third-order valence-electron chi connectivity index (χ3n) is 3.73. The largest absolute Gasteiger partial charge is 0.330 e. The van der Waals surface area contributed by atoms with E-state index in [-0.39, 0.29) is 0 Å². The highest BCUT2D eigenvalue weighted by Gasteiger charge is 2.31. The second kappa shape index (κ2) is 6.32. The predicted octanol–water partition coefficient (Wildman–Crippen LogP) is 3.63. The Bertz CT molecular complexity index is 339. The summed E-state index contributed by atoms with van der Waals surface area (Å²) in [5.41, 5.74) is 6.00. The number of thiophene rings is 1. The zero-order valence-corrected chi connectivity index (χ0v) is 12.8. The summed E-state index contributed by atoms with van der Waals surface area (Å²) >= 11 is 5.54. The van der Waals surface area contributed by atoms with Gasteiger partial charge in [0.2, 0.25) is 0 Å². The molecule has 4 heteroatoms. The van der Waals surface area contributed by atoms with Crippen molar-refractivity contribution in [3.63, 3.8) is 0 Å². The van der Waals surface area contributed by atoms with Crippen LogP contribution < -0.4 is 5.73 Å². The van der Waals surface area contributed by atoms with Crippen LogP contribution in [0.2, 0.25) is 0 Å². The number of nitrogens with two attached hydrogens (primary N) is 1. The minimum Gasteiger partial charge on any atom is -0.330 e. The monoisotopic (exact) mass is 316 g/mol. The van der Waals surface area contributed by atoms with Crippen LogP contribution in [0, 0.1) is 5.92 Å². The lowest BCUT2D eigenvalue weighted by Gasteiger charge is -2.33. The minimum absolute atomic E-state index is 0.516. The maximum atomic E-state index is 6.00. The van der Waals surface area contributed by atoms with Gasteiger partial charge in [-0.25, -0.2) is 0 Å². The van der Waals surface area contributed by atoms with Crippen LogP contribution in [0.5, 0.6) is 0 Å². The number of nitrogens with zero attached hydrogens (tertiary/aromatic N) is 1. The molecular weight excluding hydrogens is 296 g/mol. The molecule has 1 aromatic rings. The maximum absolute atomic E-state index is 6.00. The molecule has 2 heterocycles. The average Bonchev–Trinajstić information content (AvgIpc) is 2.65. The van der Waals surface area contributed by atoms with Crippen LogP contribution in [0.4, 0.5) is 0 Å². The first-order valence-corrected chi connectivity index (χ1v) is 8.12. The van der Waals surface area contributed by atoms with Crippen LogP contribution in [0.25, 0.3) is 0 Å². The van der Waals surface area contributed by atoms with Gasteiger partial charge < -0.3 is 5.73 Å². The molecular formula is C13H21BrN2S. The van der Waals surface area contributed by atoms with Gasteiger partial charge in [-0.15, -0.1) is 11.3 Å². The fraction of sp³-hybridized carbons (Fsp3) is 0.692. The third kappa shape index (κ3) is 2.92. The molecule has 0 aliphatic carbocycles. The Morgan fingerprint density at radius 1 is 1.53 bits per heavy atom. The fourth-order valence-electron chi connectivity index (χ4n) is 2.81. The number of hydrogen-bond acceptors (Lipinski definition) is 3. The Kier molecular flexibility index (Phi) is 5.03. The van der Waals surface area contributed by atoms with Crippen LogP contribution in [0.15, 0.2) is 15.9 Å². The normalized spacial score (nSPS) is 27.0. The summed E-state index contributed by atoms with van der Waals surface area (Å²) in [6.45, 7) is 5.38. The summed E-state index contributed by atoms with van der Waals surface area (Å²) in [7, 11) is 0. The molecule has 0 bridgehead atoms. The average molecular weight is 317 g/mol. The summed E-state index contributed by atoms with van der Waals surface area (Å²) < 4.78 is 1.26. The minimum atomic E-state index is 0.516. The molecule has 1 fully saturated rings. The van der Waals surface area contributed by atoms with Crippen molar-refractivity contribution in [1.82, 2.24) is 4.90 Å². The van der Waals surface area contributed by atoms with Gasteiger partial charge in [-0.3, -0.25) is 4.90 Å². The molecule has 2 unspecified atom stereocenters. The van der Waals surface area contributed by atoms with Gasteiger partial charge in [0.25, 0.3) is 0 Å². The lowest BCUT2D eigenvalue weighted by atomic mass is 9.93. The molecule has 0 amide bonds. The van der Waals surface area contributed by atoms with Crippen molar-refractivity contribution < 1.29 is 0 Å². The number of hydrogen-bond donors (Lipinski definition) is 1. The Balaban J connectivity index is 2.31.